The highest BCUT2D eigenvalue weighted by molar-refractivity contribution is 5.01. The van der Waals surface area contributed by atoms with Crippen LogP contribution in [-0.2, 0) is 13.5 Å². The molecule has 1 aromatic heterocycles. The van der Waals surface area contributed by atoms with Gasteiger partial charge in [-0.05, 0) is 12.8 Å². The van der Waals surface area contributed by atoms with E-state index in [-0.39, 0.29) is 12.0 Å². The van der Waals surface area contributed by atoms with Gasteiger partial charge < -0.3 is 5.11 Å². The Hall–Kier alpha value is -0.900. The first-order valence-electron chi connectivity index (χ1n) is 4.19. The fraction of sp³-hybridized carbons (Fsp3) is 0.750. The second-order valence-electron chi connectivity index (χ2n) is 3.63. The van der Waals surface area contributed by atoms with Crippen LogP contribution in [-0.4, -0.2) is 26.5 Å². The number of hydrogen-bond donors (Lipinski definition) is 1. The Labute approximate surface area is 71.2 Å². The molecule has 1 aliphatic carbocycles. The van der Waals surface area contributed by atoms with Gasteiger partial charge in [-0.3, -0.25) is 4.68 Å². The van der Waals surface area contributed by atoms with Crippen LogP contribution in [0.1, 0.15) is 18.7 Å². The molecule has 1 heterocycles. The Morgan fingerprint density at radius 1 is 1.67 bits per heavy atom. The van der Waals surface area contributed by atoms with Crippen LogP contribution in [0.25, 0.3) is 0 Å². The summed E-state index contributed by atoms with van der Waals surface area (Å²) in [5, 5.41) is 13.1. The third-order valence-corrected chi connectivity index (χ3v) is 2.63. The molecule has 1 aromatic rings. The van der Waals surface area contributed by atoms with Crippen molar-refractivity contribution in [3.05, 3.63) is 12.2 Å². The van der Waals surface area contributed by atoms with Crippen LogP contribution in [0.15, 0.2) is 6.33 Å². The topological polar surface area (TPSA) is 50.9 Å². The molecule has 0 aliphatic heterocycles. The minimum Gasteiger partial charge on any atom is -0.396 e. The maximum Gasteiger partial charge on any atom is 0.138 e. The van der Waals surface area contributed by atoms with Crippen molar-refractivity contribution in [3.63, 3.8) is 0 Å². The van der Waals surface area contributed by atoms with Gasteiger partial charge >= 0.3 is 0 Å². The van der Waals surface area contributed by atoms with E-state index in [9.17, 15) is 0 Å². The molecule has 0 atom stereocenters. The summed E-state index contributed by atoms with van der Waals surface area (Å²) < 4.78 is 1.77. The predicted octanol–water partition coefficient (Wildman–Crippen LogP) is 0.130. The molecule has 1 N–H and O–H groups in total. The van der Waals surface area contributed by atoms with E-state index in [0.29, 0.717) is 0 Å². The van der Waals surface area contributed by atoms with E-state index in [0.717, 1.165) is 25.1 Å². The van der Waals surface area contributed by atoms with Gasteiger partial charge in [-0.2, -0.15) is 5.10 Å². The normalized spacial score (nSPS) is 19.5. The molecule has 0 amide bonds. The molecule has 0 radical (unpaired) electrons. The first-order valence-corrected chi connectivity index (χ1v) is 4.19. The molecule has 0 aromatic carbocycles. The van der Waals surface area contributed by atoms with Crippen molar-refractivity contribution in [1.82, 2.24) is 14.8 Å². The number of aryl methyl sites for hydroxylation is 1. The van der Waals surface area contributed by atoms with Gasteiger partial charge in [0, 0.05) is 25.5 Å². The van der Waals surface area contributed by atoms with Crippen LogP contribution < -0.4 is 0 Å². The summed E-state index contributed by atoms with van der Waals surface area (Å²) in [5.74, 6) is 0.974. The van der Waals surface area contributed by atoms with E-state index in [1.165, 1.54) is 0 Å². The van der Waals surface area contributed by atoms with Gasteiger partial charge in [0.15, 0.2) is 0 Å². The fourth-order valence-electron chi connectivity index (χ4n) is 1.38. The number of aliphatic hydroxyl groups is 1. The molecule has 66 valence electrons. The lowest BCUT2D eigenvalue weighted by atomic mass is 10.0. The maximum absolute atomic E-state index is 9.09. The molecule has 12 heavy (non-hydrogen) atoms. The molecule has 0 unspecified atom stereocenters. The summed E-state index contributed by atoms with van der Waals surface area (Å²) in [6.45, 7) is 0.278. The molecule has 0 bridgehead atoms. The van der Waals surface area contributed by atoms with Gasteiger partial charge in [-0.1, -0.05) is 0 Å². The molecule has 1 aliphatic rings. The van der Waals surface area contributed by atoms with E-state index in [1.807, 2.05) is 7.05 Å². The van der Waals surface area contributed by atoms with Crippen LogP contribution in [0.5, 0.6) is 0 Å². The van der Waals surface area contributed by atoms with Gasteiger partial charge in [0.1, 0.15) is 12.2 Å². The van der Waals surface area contributed by atoms with Crippen molar-refractivity contribution >= 4 is 0 Å². The third kappa shape index (κ3) is 1.22. The van der Waals surface area contributed by atoms with E-state index in [2.05, 4.69) is 10.1 Å². The first kappa shape index (κ1) is 7.73. The molecule has 0 saturated heterocycles. The Bertz CT molecular complexity index is 278. The molecule has 2 rings (SSSR count). The van der Waals surface area contributed by atoms with Gasteiger partial charge in [0.2, 0.25) is 0 Å². The number of aromatic nitrogens is 3. The van der Waals surface area contributed by atoms with Crippen molar-refractivity contribution in [2.45, 2.75) is 19.3 Å². The summed E-state index contributed by atoms with van der Waals surface area (Å²) in [6.07, 6.45) is 4.66. The zero-order valence-corrected chi connectivity index (χ0v) is 7.19. The monoisotopic (exact) mass is 167 g/mol. The zero-order chi connectivity index (χ0) is 8.60. The molecular weight excluding hydrogens is 154 g/mol. The second kappa shape index (κ2) is 2.55. The lowest BCUT2D eigenvalue weighted by Crippen LogP contribution is -2.13. The summed E-state index contributed by atoms with van der Waals surface area (Å²) >= 11 is 0. The first-order chi connectivity index (χ1) is 5.76. The average Bonchev–Trinajstić information content (AvgIpc) is 2.74. The smallest absolute Gasteiger partial charge is 0.138 e. The highest BCUT2D eigenvalue weighted by Gasteiger charge is 2.42. The standard InChI is InChI=1S/C8H13N3O/c1-11-7(9-6-10-11)4-8(5-12)2-3-8/h6,12H,2-5H2,1H3. The molecule has 1 saturated carbocycles. The quantitative estimate of drug-likeness (QED) is 0.696. The fourth-order valence-corrected chi connectivity index (χ4v) is 1.38. The van der Waals surface area contributed by atoms with Crippen molar-refractivity contribution in [2.24, 2.45) is 12.5 Å². The van der Waals surface area contributed by atoms with Crippen LogP contribution >= 0.6 is 0 Å². The second-order valence-corrected chi connectivity index (χ2v) is 3.63. The molecule has 1 fully saturated rings. The Balaban J connectivity index is 2.08. The Kier molecular flexibility index (Phi) is 1.65. The van der Waals surface area contributed by atoms with Crippen molar-refractivity contribution < 1.29 is 5.11 Å². The highest BCUT2D eigenvalue weighted by atomic mass is 16.3. The Morgan fingerprint density at radius 2 is 2.42 bits per heavy atom. The summed E-state index contributed by atoms with van der Waals surface area (Å²) in [7, 11) is 1.88. The minimum absolute atomic E-state index is 0.140. The third-order valence-electron chi connectivity index (χ3n) is 2.63. The van der Waals surface area contributed by atoms with Crippen LogP contribution in [0.3, 0.4) is 0 Å². The minimum atomic E-state index is 0.140. The summed E-state index contributed by atoms with van der Waals surface area (Å²) in [5.41, 5.74) is 0.140. The molecular formula is C8H13N3O. The van der Waals surface area contributed by atoms with Crippen molar-refractivity contribution in [1.29, 1.82) is 0 Å². The van der Waals surface area contributed by atoms with E-state index >= 15 is 0 Å². The molecule has 4 nitrogen and oxygen atoms in total. The van der Waals surface area contributed by atoms with Crippen LogP contribution in [0, 0.1) is 5.41 Å². The van der Waals surface area contributed by atoms with Gasteiger partial charge in [-0.15, -0.1) is 0 Å². The lowest BCUT2D eigenvalue weighted by Gasteiger charge is -2.09. The van der Waals surface area contributed by atoms with Crippen LogP contribution in [0.4, 0.5) is 0 Å². The SMILES string of the molecule is Cn1ncnc1CC1(CO)CC1. The largest absolute Gasteiger partial charge is 0.396 e. The number of aliphatic hydroxyl groups excluding tert-OH is 1. The summed E-state index contributed by atoms with van der Waals surface area (Å²) in [6, 6.07) is 0. The Morgan fingerprint density at radius 3 is 2.83 bits per heavy atom. The van der Waals surface area contributed by atoms with Gasteiger partial charge in [0.05, 0.1) is 0 Å². The zero-order valence-electron chi connectivity index (χ0n) is 7.19. The highest BCUT2D eigenvalue weighted by Crippen LogP contribution is 2.47. The van der Waals surface area contributed by atoms with E-state index in [1.54, 1.807) is 11.0 Å². The number of hydrogen-bond acceptors (Lipinski definition) is 3. The van der Waals surface area contributed by atoms with E-state index < -0.39 is 0 Å². The lowest BCUT2D eigenvalue weighted by molar-refractivity contribution is 0.208. The summed E-state index contributed by atoms with van der Waals surface area (Å²) in [4.78, 5) is 4.13. The predicted molar refractivity (Wildman–Crippen MR) is 43.5 cm³/mol. The molecule has 4 heteroatoms. The van der Waals surface area contributed by atoms with Crippen molar-refractivity contribution in [3.8, 4) is 0 Å². The maximum atomic E-state index is 9.09. The number of rotatable bonds is 3. The van der Waals surface area contributed by atoms with E-state index in [4.69, 9.17) is 5.11 Å². The average molecular weight is 167 g/mol. The number of nitrogens with zero attached hydrogens (tertiary/aromatic N) is 3. The van der Waals surface area contributed by atoms with Crippen LogP contribution in [0.2, 0.25) is 0 Å². The molecule has 0 spiro atoms. The van der Waals surface area contributed by atoms with Crippen molar-refractivity contribution in [2.75, 3.05) is 6.61 Å². The van der Waals surface area contributed by atoms with Gasteiger partial charge in [0.25, 0.3) is 0 Å². The van der Waals surface area contributed by atoms with Gasteiger partial charge in [-0.25, -0.2) is 4.98 Å².